The molecule has 130 valence electrons. The quantitative estimate of drug-likeness (QED) is 0.551. The minimum absolute atomic E-state index is 0.0975. The van der Waals surface area contributed by atoms with Gasteiger partial charge in [0.05, 0.1) is 19.3 Å². The Morgan fingerprint density at radius 2 is 1.88 bits per heavy atom. The van der Waals surface area contributed by atoms with Crippen molar-refractivity contribution in [2.45, 2.75) is 6.54 Å². The van der Waals surface area contributed by atoms with Crippen LogP contribution in [-0.4, -0.2) is 21.3 Å². The van der Waals surface area contributed by atoms with Gasteiger partial charge in [-0.2, -0.15) is 5.10 Å². The van der Waals surface area contributed by atoms with Crippen LogP contribution in [0.4, 0.5) is 0 Å². The Morgan fingerprint density at radius 3 is 2.62 bits per heavy atom. The van der Waals surface area contributed by atoms with Crippen molar-refractivity contribution in [2.24, 2.45) is 0 Å². The van der Waals surface area contributed by atoms with Crippen molar-refractivity contribution in [1.29, 1.82) is 0 Å². The molecular weight excluding hydrogens is 350 g/mol. The molecule has 0 aliphatic carbocycles. The predicted molar refractivity (Wildman–Crippen MR) is 102 cm³/mol. The van der Waals surface area contributed by atoms with Gasteiger partial charge in [-0.05, 0) is 48.0 Å². The smallest absolute Gasteiger partial charge is 0.276 e. The van der Waals surface area contributed by atoms with Gasteiger partial charge in [0.1, 0.15) is 11.3 Å². The lowest BCUT2D eigenvalue weighted by molar-refractivity contribution is 0.415. The maximum atomic E-state index is 12.8. The number of halogens is 1. The lowest BCUT2D eigenvalue weighted by atomic mass is 10.1. The molecule has 0 spiro atoms. The molecule has 0 radical (unpaired) electrons. The molecule has 0 saturated carbocycles. The van der Waals surface area contributed by atoms with Gasteiger partial charge in [0.2, 0.25) is 0 Å². The molecule has 2 aromatic carbocycles. The van der Waals surface area contributed by atoms with Crippen LogP contribution in [0.15, 0.2) is 71.8 Å². The number of methoxy groups -OCH3 is 1. The Labute approximate surface area is 155 Å². The molecule has 2 aromatic heterocycles. The van der Waals surface area contributed by atoms with Crippen LogP contribution in [-0.2, 0) is 6.54 Å². The van der Waals surface area contributed by atoms with E-state index in [9.17, 15) is 4.79 Å². The minimum atomic E-state index is -0.0975. The maximum absolute atomic E-state index is 12.8. The molecule has 0 N–H and O–H groups in total. The van der Waals surface area contributed by atoms with Crippen molar-refractivity contribution < 1.29 is 4.74 Å². The fourth-order valence-corrected chi connectivity index (χ4v) is 3.10. The summed E-state index contributed by atoms with van der Waals surface area (Å²) >= 11 is 6.03. The number of nitrogens with zero attached hydrogens (tertiary/aromatic N) is 3. The first kappa shape index (κ1) is 16.4. The second-order valence-electron chi connectivity index (χ2n) is 5.95. The standard InChI is InChI=1S/C20H16ClN3O2/c1-26-17-7-5-15(6-8-17)18-12-19-20(25)23(9-10-24(19)22-18)13-14-3-2-4-16(21)11-14/h2-12H,13H2,1H3. The third-order valence-electron chi connectivity index (χ3n) is 4.23. The van der Waals surface area contributed by atoms with Crippen molar-refractivity contribution in [2.75, 3.05) is 7.11 Å². The summed E-state index contributed by atoms with van der Waals surface area (Å²) in [7, 11) is 1.63. The monoisotopic (exact) mass is 365 g/mol. The first-order valence-corrected chi connectivity index (χ1v) is 8.49. The van der Waals surface area contributed by atoms with Gasteiger partial charge < -0.3 is 9.30 Å². The molecule has 0 unspecified atom stereocenters. The molecular formula is C20H16ClN3O2. The lowest BCUT2D eigenvalue weighted by Gasteiger charge is -2.06. The van der Waals surface area contributed by atoms with E-state index in [-0.39, 0.29) is 5.56 Å². The first-order chi connectivity index (χ1) is 12.6. The van der Waals surface area contributed by atoms with E-state index >= 15 is 0 Å². The highest BCUT2D eigenvalue weighted by Gasteiger charge is 2.10. The number of fused-ring (bicyclic) bond motifs is 1. The molecule has 5 nitrogen and oxygen atoms in total. The summed E-state index contributed by atoms with van der Waals surface area (Å²) in [6.45, 7) is 0.457. The Kier molecular flexibility index (Phi) is 4.22. The predicted octanol–water partition coefficient (Wildman–Crippen LogP) is 3.87. The van der Waals surface area contributed by atoms with Crippen LogP contribution < -0.4 is 10.3 Å². The van der Waals surface area contributed by atoms with Crippen molar-refractivity contribution in [1.82, 2.24) is 14.2 Å². The van der Waals surface area contributed by atoms with Gasteiger partial charge in [-0.1, -0.05) is 23.7 Å². The van der Waals surface area contributed by atoms with Crippen molar-refractivity contribution in [3.63, 3.8) is 0 Å². The highest BCUT2D eigenvalue weighted by atomic mass is 35.5. The zero-order chi connectivity index (χ0) is 18.1. The lowest BCUT2D eigenvalue weighted by Crippen LogP contribution is -2.21. The van der Waals surface area contributed by atoms with E-state index in [1.807, 2.05) is 48.5 Å². The SMILES string of the molecule is COc1ccc(-c2cc3c(=O)n(Cc4cccc(Cl)c4)ccn3n2)cc1. The van der Waals surface area contributed by atoms with E-state index < -0.39 is 0 Å². The molecule has 0 bridgehead atoms. The van der Waals surface area contributed by atoms with E-state index in [1.54, 1.807) is 34.7 Å². The van der Waals surface area contributed by atoms with Crippen LogP contribution in [0.2, 0.25) is 5.02 Å². The number of ether oxygens (including phenoxy) is 1. The molecule has 0 saturated heterocycles. The summed E-state index contributed by atoms with van der Waals surface area (Å²) in [6.07, 6.45) is 3.52. The number of hydrogen-bond donors (Lipinski definition) is 0. The summed E-state index contributed by atoms with van der Waals surface area (Å²) in [5.74, 6) is 0.779. The molecule has 26 heavy (non-hydrogen) atoms. The van der Waals surface area contributed by atoms with Gasteiger partial charge in [-0.15, -0.1) is 0 Å². The highest BCUT2D eigenvalue weighted by molar-refractivity contribution is 6.30. The number of rotatable bonds is 4. The number of benzene rings is 2. The maximum Gasteiger partial charge on any atom is 0.276 e. The van der Waals surface area contributed by atoms with Gasteiger partial charge in [0, 0.05) is 23.0 Å². The molecule has 0 fully saturated rings. The summed E-state index contributed by atoms with van der Waals surface area (Å²) < 4.78 is 8.44. The third kappa shape index (κ3) is 3.09. The highest BCUT2D eigenvalue weighted by Crippen LogP contribution is 2.21. The second-order valence-corrected chi connectivity index (χ2v) is 6.39. The van der Waals surface area contributed by atoms with Crippen LogP contribution in [0.3, 0.4) is 0 Å². The Bertz CT molecular complexity index is 1130. The van der Waals surface area contributed by atoms with Crippen molar-refractivity contribution in [3.05, 3.63) is 87.9 Å². The summed E-state index contributed by atoms with van der Waals surface area (Å²) in [6, 6.07) is 16.9. The number of aromatic nitrogens is 3. The first-order valence-electron chi connectivity index (χ1n) is 8.12. The van der Waals surface area contributed by atoms with Crippen LogP contribution >= 0.6 is 11.6 Å². The fraction of sp³-hybridized carbons (Fsp3) is 0.100. The van der Waals surface area contributed by atoms with E-state index in [1.165, 1.54) is 0 Å². The average Bonchev–Trinajstić information content (AvgIpc) is 3.09. The van der Waals surface area contributed by atoms with E-state index in [4.69, 9.17) is 16.3 Å². The average molecular weight is 366 g/mol. The zero-order valence-corrected chi connectivity index (χ0v) is 14.8. The fourth-order valence-electron chi connectivity index (χ4n) is 2.89. The van der Waals surface area contributed by atoms with Gasteiger partial charge in [-0.25, -0.2) is 4.52 Å². The molecule has 2 heterocycles. The second kappa shape index (κ2) is 6.69. The molecule has 0 aliphatic rings. The molecule has 0 amide bonds. The van der Waals surface area contributed by atoms with Crippen LogP contribution in [0, 0.1) is 0 Å². The zero-order valence-electron chi connectivity index (χ0n) is 14.1. The summed E-state index contributed by atoms with van der Waals surface area (Å²) in [5.41, 5.74) is 3.07. The van der Waals surface area contributed by atoms with E-state index in [0.29, 0.717) is 17.1 Å². The Hall–Kier alpha value is -3.05. The topological polar surface area (TPSA) is 48.5 Å². The molecule has 4 rings (SSSR count). The molecule has 0 atom stereocenters. The molecule has 0 aliphatic heterocycles. The Morgan fingerprint density at radius 1 is 1.08 bits per heavy atom. The van der Waals surface area contributed by atoms with Crippen molar-refractivity contribution >= 4 is 17.1 Å². The number of hydrogen-bond acceptors (Lipinski definition) is 3. The molecule has 4 aromatic rings. The normalized spacial score (nSPS) is 11.0. The van der Waals surface area contributed by atoms with Crippen LogP contribution in [0.5, 0.6) is 5.75 Å². The molecule has 6 heteroatoms. The van der Waals surface area contributed by atoms with Gasteiger partial charge in [-0.3, -0.25) is 4.79 Å². The van der Waals surface area contributed by atoms with E-state index in [0.717, 1.165) is 22.6 Å². The summed E-state index contributed by atoms with van der Waals surface area (Å²) in [5, 5.41) is 5.16. The largest absolute Gasteiger partial charge is 0.497 e. The third-order valence-corrected chi connectivity index (χ3v) is 4.47. The minimum Gasteiger partial charge on any atom is -0.497 e. The summed E-state index contributed by atoms with van der Waals surface area (Å²) in [4.78, 5) is 12.8. The Balaban J connectivity index is 1.72. The van der Waals surface area contributed by atoms with Gasteiger partial charge in [0.15, 0.2) is 0 Å². The van der Waals surface area contributed by atoms with Crippen molar-refractivity contribution in [3.8, 4) is 17.0 Å². The van der Waals surface area contributed by atoms with Crippen LogP contribution in [0.25, 0.3) is 16.8 Å². The van der Waals surface area contributed by atoms with E-state index in [2.05, 4.69) is 5.10 Å². The van der Waals surface area contributed by atoms with Gasteiger partial charge >= 0.3 is 0 Å². The van der Waals surface area contributed by atoms with Gasteiger partial charge in [0.25, 0.3) is 5.56 Å². The van der Waals surface area contributed by atoms with Crippen LogP contribution in [0.1, 0.15) is 5.56 Å².